The Morgan fingerprint density at radius 3 is 2.76 bits per heavy atom. The topological polar surface area (TPSA) is 101 Å². The number of aromatic nitrogens is 2. The molecular formula is C16H12F2N4O3. The van der Waals surface area contributed by atoms with E-state index in [-0.39, 0.29) is 35.3 Å². The summed E-state index contributed by atoms with van der Waals surface area (Å²) < 4.78 is 26.5. The first-order chi connectivity index (χ1) is 12.0. The van der Waals surface area contributed by atoms with Gasteiger partial charge >= 0.3 is 0 Å². The summed E-state index contributed by atoms with van der Waals surface area (Å²) in [5, 5.41) is 14.2. The zero-order valence-electron chi connectivity index (χ0n) is 12.8. The first-order valence-corrected chi connectivity index (χ1v) is 7.29. The first kappa shape index (κ1) is 16.5. The van der Waals surface area contributed by atoms with Crippen LogP contribution in [0.25, 0.3) is 10.9 Å². The minimum Gasteiger partial charge on any atom is -0.379 e. The quantitative estimate of drug-likeness (QED) is 0.546. The summed E-state index contributed by atoms with van der Waals surface area (Å²) >= 11 is 0. The monoisotopic (exact) mass is 346 g/mol. The van der Waals surface area contributed by atoms with E-state index in [1.807, 2.05) is 0 Å². The number of rotatable bonds is 5. The highest BCUT2D eigenvalue weighted by Crippen LogP contribution is 2.27. The molecule has 25 heavy (non-hydrogen) atoms. The number of aromatic amines is 1. The van der Waals surface area contributed by atoms with Crippen LogP contribution in [0.5, 0.6) is 0 Å². The van der Waals surface area contributed by atoms with Gasteiger partial charge in [0.15, 0.2) is 0 Å². The molecule has 128 valence electrons. The molecule has 0 aliphatic heterocycles. The van der Waals surface area contributed by atoms with Crippen LogP contribution in [-0.4, -0.2) is 21.4 Å². The van der Waals surface area contributed by atoms with Gasteiger partial charge in [-0.2, -0.15) is 0 Å². The van der Waals surface area contributed by atoms with E-state index in [0.29, 0.717) is 5.52 Å². The number of H-pyrrole nitrogens is 1. The second kappa shape index (κ2) is 6.63. The second-order valence-electron chi connectivity index (χ2n) is 5.29. The number of anilines is 1. The van der Waals surface area contributed by atoms with Gasteiger partial charge in [0.1, 0.15) is 17.3 Å². The third-order valence-electron chi connectivity index (χ3n) is 3.68. The third kappa shape index (κ3) is 3.44. The lowest BCUT2D eigenvalue weighted by Gasteiger charge is -2.09. The second-order valence-corrected chi connectivity index (χ2v) is 5.29. The Kier molecular flexibility index (Phi) is 4.38. The van der Waals surface area contributed by atoms with Gasteiger partial charge in [-0.15, -0.1) is 0 Å². The van der Waals surface area contributed by atoms with Crippen LogP contribution in [0, 0.1) is 21.7 Å². The van der Waals surface area contributed by atoms with Crippen LogP contribution in [0.1, 0.15) is 5.56 Å². The van der Waals surface area contributed by atoms with E-state index in [1.54, 1.807) is 0 Å². The van der Waals surface area contributed by atoms with Crippen LogP contribution in [0.2, 0.25) is 0 Å². The van der Waals surface area contributed by atoms with Crippen molar-refractivity contribution in [1.82, 2.24) is 9.97 Å². The number of hydrogen-bond acceptors (Lipinski definition) is 5. The number of benzene rings is 2. The maximum absolute atomic E-state index is 13.6. The molecule has 7 nitrogen and oxygen atoms in total. The summed E-state index contributed by atoms with van der Waals surface area (Å²) in [5.41, 5.74) is -0.0199. The summed E-state index contributed by atoms with van der Waals surface area (Å²) in [4.78, 5) is 28.7. The number of nitro groups is 1. The number of nitrogens with zero attached hydrogens (tertiary/aromatic N) is 2. The molecule has 1 aromatic heterocycles. The highest BCUT2D eigenvalue weighted by Gasteiger charge is 2.17. The predicted molar refractivity (Wildman–Crippen MR) is 87.6 cm³/mol. The SMILES string of the molecule is O=c1[nH]cnc2cc(NCCc3ccc(F)cc3F)c([N+](=O)[O-])cc12. The zero-order valence-corrected chi connectivity index (χ0v) is 12.8. The highest BCUT2D eigenvalue weighted by molar-refractivity contribution is 5.86. The molecule has 0 unspecified atom stereocenters. The molecule has 0 spiro atoms. The van der Waals surface area contributed by atoms with Crippen LogP contribution in [0.4, 0.5) is 20.2 Å². The molecule has 0 saturated carbocycles. The molecule has 0 amide bonds. The maximum atomic E-state index is 13.6. The van der Waals surface area contributed by atoms with Crippen LogP contribution in [0.3, 0.4) is 0 Å². The van der Waals surface area contributed by atoms with Gasteiger partial charge in [-0.1, -0.05) is 6.07 Å². The molecule has 2 aromatic carbocycles. The molecule has 0 aliphatic rings. The van der Waals surface area contributed by atoms with Crippen molar-refractivity contribution in [3.63, 3.8) is 0 Å². The molecule has 0 saturated heterocycles. The van der Waals surface area contributed by atoms with Crippen molar-refractivity contribution < 1.29 is 13.7 Å². The molecular weight excluding hydrogens is 334 g/mol. The Bertz CT molecular complexity index is 1020. The van der Waals surface area contributed by atoms with Gasteiger partial charge in [-0.25, -0.2) is 13.8 Å². The molecule has 9 heteroatoms. The fraction of sp³-hybridized carbons (Fsp3) is 0.125. The Balaban J connectivity index is 1.86. The number of nitrogens with one attached hydrogen (secondary N) is 2. The average molecular weight is 346 g/mol. The minimum absolute atomic E-state index is 0.101. The largest absolute Gasteiger partial charge is 0.379 e. The molecule has 0 radical (unpaired) electrons. The van der Waals surface area contributed by atoms with E-state index in [2.05, 4.69) is 15.3 Å². The van der Waals surface area contributed by atoms with Crippen LogP contribution in [-0.2, 0) is 6.42 Å². The zero-order chi connectivity index (χ0) is 18.0. The van der Waals surface area contributed by atoms with Gasteiger partial charge in [0.2, 0.25) is 0 Å². The predicted octanol–water partition coefficient (Wildman–Crippen LogP) is 2.76. The van der Waals surface area contributed by atoms with E-state index in [4.69, 9.17) is 0 Å². The normalized spacial score (nSPS) is 10.8. The molecule has 0 fully saturated rings. The van der Waals surface area contributed by atoms with Crippen LogP contribution >= 0.6 is 0 Å². The Morgan fingerprint density at radius 2 is 2.04 bits per heavy atom. The van der Waals surface area contributed by atoms with Gasteiger partial charge in [0.25, 0.3) is 11.2 Å². The van der Waals surface area contributed by atoms with Crippen molar-refractivity contribution in [3.8, 4) is 0 Å². The summed E-state index contributed by atoms with van der Waals surface area (Å²) in [6.07, 6.45) is 1.40. The van der Waals surface area contributed by atoms with Gasteiger partial charge in [-0.05, 0) is 24.1 Å². The number of fused-ring (bicyclic) bond motifs is 1. The molecule has 0 atom stereocenters. The molecule has 2 N–H and O–H groups in total. The van der Waals surface area contributed by atoms with Crippen molar-refractivity contribution in [2.45, 2.75) is 6.42 Å². The van der Waals surface area contributed by atoms with E-state index < -0.39 is 22.1 Å². The third-order valence-corrected chi connectivity index (χ3v) is 3.68. The highest BCUT2D eigenvalue weighted by atomic mass is 19.1. The Morgan fingerprint density at radius 1 is 1.24 bits per heavy atom. The van der Waals surface area contributed by atoms with E-state index >= 15 is 0 Å². The van der Waals surface area contributed by atoms with Gasteiger partial charge < -0.3 is 10.3 Å². The van der Waals surface area contributed by atoms with Crippen molar-refractivity contribution in [2.75, 3.05) is 11.9 Å². The number of halogens is 2. The van der Waals surface area contributed by atoms with Gasteiger partial charge in [-0.3, -0.25) is 14.9 Å². The summed E-state index contributed by atoms with van der Waals surface area (Å²) in [5.74, 6) is -1.35. The fourth-order valence-corrected chi connectivity index (χ4v) is 2.45. The standard InChI is InChI=1S/C16H12F2N4O3/c17-10-2-1-9(12(18)5-10)3-4-19-14-7-13-11(6-15(14)22(24)25)16(23)21-8-20-13/h1-2,5-8,19H,3-4H2,(H,20,21,23). The van der Waals surface area contributed by atoms with Gasteiger partial charge in [0, 0.05) is 18.7 Å². The summed E-state index contributed by atoms with van der Waals surface area (Å²) in [6, 6.07) is 5.78. The molecule has 3 rings (SSSR count). The molecule has 3 aromatic rings. The fourth-order valence-electron chi connectivity index (χ4n) is 2.45. The lowest BCUT2D eigenvalue weighted by atomic mass is 10.1. The van der Waals surface area contributed by atoms with Crippen molar-refractivity contribution in [3.05, 3.63) is 74.3 Å². The minimum atomic E-state index is -0.678. The lowest BCUT2D eigenvalue weighted by molar-refractivity contribution is -0.383. The molecule has 0 bridgehead atoms. The van der Waals surface area contributed by atoms with E-state index in [0.717, 1.165) is 18.2 Å². The van der Waals surface area contributed by atoms with Crippen molar-refractivity contribution in [1.29, 1.82) is 0 Å². The summed E-state index contributed by atoms with van der Waals surface area (Å²) in [6.45, 7) is 0.179. The number of nitro benzene ring substituents is 1. The average Bonchev–Trinajstić information content (AvgIpc) is 2.56. The molecule has 0 aliphatic carbocycles. The lowest BCUT2D eigenvalue weighted by Crippen LogP contribution is -2.10. The van der Waals surface area contributed by atoms with Crippen molar-refractivity contribution >= 4 is 22.3 Å². The molecule has 1 heterocycles. The maximum Gasteiger partial charge on any atom is 0.293 e. The number of hydrogen-bond donors (Lipinski definition) is 2. The van der Waals surface area contributed by atoms with Crippen LogP contribution < -0.4 is 10.9 Å². The smallest absolute Gasteiger partial charge is 0.293 e. The Labute approximate surface area is 139 Å². The van der Waals surface area contributed by atoms with E-state index in [9.17, 15) is 23.7 Å². The first-order valence-electron chi connectivity index (χ1n) is 7.29. The van der Waals surface area contributed by atoms with Crippen LogP contribution in [0.15, 0.2) is 41.5 Å². The van der Waals surface area contributed by atoms with Crippen molar-refractivity contribution in [2.24, 2.45) is 0 Å². The van der Waals surface area contributed by atoms with E-state index in [1.165, 1.54) is 18.5 Å². The van der Waals surface area contributed by atoms with Gasteiger partial charge in [0.05, 0.1) is 22.2 Å². The summed E-state index contributed by atoms with van der Waals surface area (Å²) in [7, 11) is 0. The Hall–Kier alpha value is -3.36.